The third-order valence-corrected chi connectivity index (χ3v) is 6.69. The minimum Gasteiger partial charge on any atom is -0.492 e. The molecule has 0 aromatic heterocycles. The van der Waals surface area contributed by atoms with Crippen molar-refractivity contribution in [3.8, 4) is 5.75 Å². The lowest BCUT2D eigenvalue weighted by Crippen LogP contribution is -2.51. The van der Waals surface area contributed by atoms with Gasteiger partial charge in [-0.15, -0.1) is 0 Å². The summed E-state index contributed by atoms with van der Waals surface area (Å²) in [4.78, 5) is 29.7. The number of benzene rings is 2. The first kappa shape index (κ1) is 25.0. The molecule has 2 heterocycles. The number of carbonyl (C=O) groups is 2. The van der Waals surface area contributed by atoms with E-state index in [0.717, 1.165) is 30.9 Å². The van der Waals surface area contributed by atoms with Crippen LogP contribution in [0.3, 0.4) is 0 Å². The molecule has 3 amide bonds. The van der Waals surface area contributed by atoms with Crippen LogP contribution in [0.5, 0.6) is 5.75 Å². The van der Waals surface area contributed by atoms with Gasteiger partial charge in [-0.25, -0.2) is 4.79 Å². The third-order valence-electron chi connectivity index (χ3n) is 6.69. The minimum absolute atomic E-state index is 0.197. The molecule has 4 rings (SSSR count). The van der Waals surface area contributed by atoms with Gasteiger partial charge in [0.1, 0.15) is 12.4 Å². The number of ether oxygens (including phenoxy) is 1. The van der Waals surface area contributed by atoms with Gasteiger partial charge < -0.3 is 25.4 Å². The van der Waals surface area contributed by atoms with Crippen LogP contribution in [0.1, 0.15) is 41.6 Å². The number of amides is 3. The van der Waals surface area contributed by atoms with Gasteiger partial charge in [0, 0.05) is 31.7 Å². The molecule has 0 radical (unpaired) electrons. The predicted molar refractivity (Wildman–Crippen MR) is 134 cm³/mol. The van der Waals surface area contributed by atoms with Crippen molar-refractivity contribution in [2.24, 2.45) is 0 Å². The summed E-state index contributed by atoms with van der Waals surface area (Å²) in [5, 5.41) is 16.4. The maximum Gasteiger partial charge on any atom is 0.317 e. The van der Waals surface area contributed by atoms with Crippen LogP contribution in [0.25, 0.3) is 0 Å². The van der Waals surface area contributed by atoms with Gasteiger partial charge in [0.2, 0.25) is 0 Å². The average Bonchev–Trinajstić information content (AvgIpc) is 3.33. The van der Waals surface area contributed by atoms with Gasteiger partial charge in [-0.1, -0.05) is 30.3 Å². The van der Waals surface area contributed by atoms with Crippen molar-refractivity contribution in [3.63, 3.8) is 0 Å². The standard InChI is InChI=1S/C27H36N4O4/c32-25-9-6-16-31(27(34)28-19-21-7-2-1-3-8-21)20-24(25)29-26(33)22-10-12-23(13-11-22)35-18-17-30-14-4-5-15-30/h1-3,7-8,10-13,24-25,32H,4-6,9,14-20H2,(H,28,34)(H,29,33)/t24-,25-/m1/s1. The Bertz CT molecular complexity index is 947. The summed E-state index contributed by atoms with van der Waals surface area (Å²) < 4.78 is 5.82. The molecule has 35 heavy (non-hydrogen) atoms. The Morgan fingerprint density at radius 2 is 1.71 bits per heavy atom. The van der Waals surface area contributed by atoms with Crippen LogP contribution in [0.4, 0.5) is 4.79 Å². The van der Waals surface area contributed by atoms with Gasteiger partial charge in [-0.2, -0.15) is 0 Å². The Morgan fingerprint density at radius 1 is 0.971 bits per heavy atom. The zero-order chi connectivity index (χ0) is 24.5. The molecule has 0 saturated carbocycles. The number of aliphatic hydroxyl groups is 1. The van der Waals surface area contributed by atoms with Crippen LogP contribution in [-0.4, -0.2) is 78.3 Å². The van der Waals surface area contributed by atoms with Crippen molar-refractivity contribution in [1.29, 1.82) is 0 Å². The highest BCUT2D eigenvalue weighted by Crippen LogP contribution is 2.16. The Morgan fingerprint density at radius 3 is 2.46 bits per heavy atom. The molecular weight excluding hydrogens is 444 g/mol. The molecule has 0 aliphatic carbocycles. The molecule has 2 aromatic rings. The van der Waals surface area contributed by atoms with E-state index < -0.39 is 12.1 Å². The number of hydrogen-bond donors (Lipinski definition) is 3. The van der Waals surface area contributed by atoms with Crippen LogP contribution < -0.4 is 15.4 Å². The molecule has 2 aliphatic heterocycles. The Labute approximate surface area is 207 Å². The summed E-state index contributed by atoms with van der Waals surface area (Å²) in [5.74, 6) is 0.459. The third kappa shape index (κ3) is 7.44. The van der Waals surface area contributed by atoms with Crippen molar-refractivity contribution in [1.82, 2.24) is 20.4 Å². The SMILES string of the molecule is O=C(N[C@@H]1CN(C(=O)NCc2ccccc2)CCC[C@H]1O)c1ccc(OCCN2CCCC2)cc1. The second kappa shape index (κ2) is 12.6. The van der Waals surface area contributed by atoms with E-state index in [9.17, 15) is 14.7 Å². The lowest BCUT2D eigenvalue weighted by Gasteiger charge is -2.27. The second-order valence-corrected chi connectivity index (χ2v) is 9.30. The first-order valence-corrected chi connectivity index (χ1v) is 12.6. The number of nitrogens with one attached hydrogen (secondary N) is 2. The maximum atomic E-state index is 12.9. The summed E-state index contributed by atoms with van der Waals surface area (Å²) in [5.41, 5.74) is 1.51. The molecule has 2 aliphatic rings. The van der Waals surface area contributed by atoms with Gasteiger partial charge in [0.05, 0.1) is 12.1 Å². The largest absolute Gasteiger partial charge is 0.492 e. The Hall–Kier alpha value is -3.10. The lowest BCUT2D eigenvalue weighted by molar-refractivity contribution is 0.0809. The first-order chi connectivity index (χ1) is 17.1. The Balaban J connectivity index is 1.27. The van der Waals surface area contributed by atoms with Crippen molar-refractivity contribution in [2.45, 2.75) is 44.4 Å². The Kier molecular flexibility index (Phi) is 8.97. The molecule has 2 aromatic carbocycles. The maximum absolute atomic E-state index is 12.9. The number of rotatable bonds is 8. The van der Waals surface area contributed by atoms with E-state index in [1.165, 1.54) is 12.8 Å². The molecule has 2 saturated heterocycles. The van der Waals surface area contributed by atoms with E-state index in [-0.39, 0.29) is 18.5 Å². The van der Waals surface area contributed by atoms with Crippen LogP contribution in [0.15, 0.2) is 54.6 Å². The topological polar surface area (TPSA) is 94.1 Å². The highest BCUT2D eigenvalue weighted by molar-refractivity contribution is 5.94. The number of likely N-dealkylation sites (tertiary alicyclic amines) is 2. The molecule has 8 nitrogen and oxygen atoms in total. The van der Waals surface area contributed by atoms with Crippen molar-refractivity contribution < 1.29 is 19.4 Å². The van der Waals surface area contributed by atoms with Crippen LogP contribution in [0.2, 0.25) is 0 Å². The predicted octanol–water partition coefficient (Wildman–Crippen LogP) is 2.63. The zero-order valence-electron chi connectivity index (χ0n) is 20.2. The number of aliphatic hydroxyl groups excluding tert-OH is 1. The van der Waals surface area contributed by atoms with E-state index in [1.54, 1.807) is 29.2 Å². The van der Waals surface area contributed by atoms with Crippen LogP contribution in [-0.2, 0) is 6.54 Å². The quantitative estimate of drug-likeness (QED) is 0.540. The highest BCUT2D eigenvalue weighted by Gasteiger charge is 2.29. The fourth-order valence-electron chi connectivity index (χ4n) is 4.61. The van der Waals surface area contributed by atoms with E-state index in [2.05, 4.69) is 15.5 Å². The fourth-order valence-corrected chi connectivity index (χ4v) is 4.61. The fraction of sp³-hybridized carbons (Fsp3) is 0.481. The van der Waals surface area contributed by atoms with Gasteiger partial charge in [0.15, 0.2) is 0 Å². The number of urea groups is 1. The van der Waals surface area contributed by atoms with E-state index >= 15 is 0 Å². The summed E-state index contributed by atoms with van der Waals surface area (Å²) in [7, 11) is 0. The molecule has 188 valence electrons. The first-order valence-electron chi connectivity index (χ1n) is 12.6. The number of hydrogen-bond acceptors (Lipinski definition) is 5. The van der Waals surface area contributed by atoms with E-state index in [4.69, 9.17) is 4.74 Å². The molecule has 2 fully saturated rings. The summed E-state index contributed by atoms with van der Waals surface area (Å²) in [6.07, 6.45) is 3.01. The minimum atomic E-state index is -0.709. The smallest absolute Gasteiger partial charge is 0.317 e. The zero-order valence-corrected chi connectivity index (χ0v) is 20.2. The monoisotopic (exact) mass is 480 g/mol. The number of carbonyl (C=O) groups excluding carboxylic acids is 2. The average molecular weight is 481 g/mol. The molecule has 0 bridgehead atoms. The molecule has 3 N–H and O–H groups in total. The molecule has 2 atom stereocenters. The van der Waals surface area contributed by atoms with Gasteiger partial charge in [-0.3, -0.25) is 9.69 Å². The lowest BCUT2D eigenvalue weighted by atomic mass is 10.1. The van der Waals surface area contributed by atoms with E-state index in [0.29, 0.717) is 38.1 Å². The van der Waals surface area contributed by atoms with Gasteiger partial charge in [-0.05, 0) is 68.6 Å². The van der Waals surface area contributed by atoms with Crippen molar-refractivity contribution in [2.75, 3.05) is 39.3 Å². The molecule has 0 spiro atoms. The molecular formula is C27H36N4O4. The molecule has 0 unspecified atom stereocenters. The van der Waals surface area contributed by atoms with Crippen LogP contribution >= 0.6 is 0 Å². The van der Waals surface area contributed by atoms with Crippen LogP contribution in [0, 0.1) is 0 Å². The summed E-state index contributed by atoms with van der Waals surface area (Å²) in [6, 6.07) is 16.0. The van der Waals surface area contributed by atoms with Crippen molar-refractivity contribution in [3.05, 3.63) is 65.7 Å². The molecule has 8 heteroatoms. The number of nitrogens with zero attached hydrogens (tertiary/aromatic N) is 2. The summed E-state index contributed by atoms with van der Waals surface area (Å²) in [6.45, 7) is 5.05. The second-order valence-electron chi connectivity index (χ2n) is 9.30. The summed E-state index contributed by atoms with van der Waals surface area (Å²) >= 11 is 0. The van der Waals surface area contributed by atoms with E-state index in [1.807, 2.05) is 30.3 Å². The van der Waals surface area contributed by atoms with Gasteiger partial charge >= 0.3 is 6.03 Å². The highest BCUT2D eigenvalue weighted by atomic mass is 16.5. The van der Waals surface area contributed by atoms with Gasteiger partial charge in [0.25, 0.3) is 5.91 Å². The van der Waals surface area contributed by atoms with Crippen molar-refractivity contribution >= 4 is 11.9 Å². The normalized spacial score (nSPS) is 20.8.